The molecule has 5 N–H and O–H groups in total. The van der Waals surface area contributed by atoms with E-state index in [1.54, 1.807) is 24.3 Å². The first-order valence-corrected chi connectivity index (χ1v) is 35.7. The highest BCUT2D eigenvalue weighted by Crippen LogP contribution is 2.44. The third kappa shape index (κ3) is 13.6. The van der Waals surface area contributed by atoms with Crippen molar-refractivity contribution in [1.82, 2.24) is 29.9 Å². The molecule has 24 heteroatoms. The van der Waals surface area contributed by atoms with Crippen LogP contribution in [0.3, 0.4) is 0 Å². The Morgan fingerprint density at radius 1 is 0.506 bits per heavy atom. The number of hydrogen-bond acceptors (Lipinski definition) is 18. The molecule has 4 saturated heterocycles. The molecule has 2 saturated carbocycles. The number of aromatic nitrogens is 6. The molecule has 474 valence electrons. The lowest BCUT2D eigenvalue weighted by Gasteiger charge is -2.33. The van der Waals surface area contributed by atoms with Crippen LogP contribution in [0.25, 0.3) is 0 Å². The van der Waals surface area contributed by atoms with E-state index in [1.165, 1.54) is 6.07 Å². The fraction of sp³-hybridized carbons (Fsp3) is 0.538. The van der Waals surface area contributed by atoms with Crippen LogP contribution in [-0.2, 0) is 56.4 Å². The third-order valence-electron chi connectivity index (χ3n) is 19.3. The molecule has 3 unspecified atom stereocenters. The van der Waals surface area contributed by atoms with Gasteiger partial charge in [-0.1, -0.05) is 48.5 Å². The second kappa shape index (κ2) is 26.6. The smallest absolute Gasteiger partial charge is 0.227 e. The van der Waals surface area contributed by atoms with Crippen molar-refractivity contribution in [3.05, 3.63) is 124 Å². The summed E-state index contributed by atoms with van der Waals surface area (Å²) in [6.07, 6.45) is 12.6. The number of rotatable bonds is 14. The summed E-state index contributed by atoms with van der Waals surface area (Å²) in [5.41, 5.74) is 5.28. The molecule has 6 fully saturated rings. The van der Waals surface area contributed by atoms with E-state index in [-0.39, 0.29) is 65.5 Å². The van der Waals surface area contributed by atoms with Gasteiger partial charge in [0.15, 0.2) is 0 Å². The number of nitrogens with one attached hydrogen (secondary N) is 3. The zero-order valence-electron chi connectivity index (χ0n) is 50.4. The molecule has 89 heavy (non-hydrogen) atoms. The summed E-state index contributed by atoms with van der Waals surface area (Å²) in [6.45, 7) is 8.07. The lowest BCUT2D eigenvalue weighted by atomic mass is 9.88. The fourth-order valence-electron chi connectivity index (χ4n) is 13.5. The molecule has 3 atom stereocenters. The first kappa shape index (κ1) is 61.7. The van der Waals surface area contributed by atoms with Gasteiger partial charge < -0.3 is 45.6 Å². The molecular weight excluding hydrogens is 1200 g/mol. The molecule has 9 aliphatic rings. The molecule has 0 radical (unpaired) electrons. The van der Waals surface area contributed by atoms with Gasteiger partial charge in [-0.05, 0) is 142 Å². The maximum atomic E-state index is 14.4. The molecule has 18 nitrogen and oxygen atoms in total. The summed E-state index contributed by atoms with van der Waals surface area (Å²) in [6, 6.07) is 19.9. The van der Waals surface area contributed by atoms with Gasteiger partial charge in [0.2, 0.25) is 17.8 Å². The summed E-state index contributed by atoms with van der Waals surface area (Å²) in [7, 11) is -3.23. The van der Waals surface area contributed by atoms with E-state index in [4.69, 9.17) is 34.6 Å². The number of anilines is 6. The number of ether oxygens (including phenoxy) is 1. The van der Waals surface area contributed by atoms with Crippen LogP contribution < -0.4 is 30.7 Å². The molecule has 0 amide bonds. The lowest BCUT2D eigenvalue weighted by Crippen LogP contribution is -2.35. The Kier molecular flexibility index (Phi) is 18.4. The Bertz CT molecular complexity index is 3650. The van der Waals surface area contributed by atoms with Gasteiger partial charge >= 0.3 is 0 Å². The Labute approximate surface area is 525 Å². The van der Waals surface area contributed by atoms with Gasteiger partial charge in [0.1, 0.15) is 49.6 Å². The fourth-order valence-corrected chi connectivity index (χ4v) is 17.4. The monoisotopic (exact) mass is 1280 g/mol. The maximum Gasteiger partial charge on any atom is 0.227 e. The van der Waals surface area contributed by atoms with Crippen LogP contribution in [0.4, 0.5) is 48.5 Å². The lowest BCUT2D eigenvalue weighted by molar-refractivity contribution is 0.0903. The number of fused-ring (bicyclic) bond motifs is 3. The van der Waals surface area contributed by atoms with Crippen molar-refractivity contribution in [2.75, 3.05) is 114 Å². The highest BCUT2D eigenvalue weighted by Gasteiger charge is 2.45. The van der Waals surface area contributed by atoms with Crippen molar-refractivity contribution < 1.29 is 40.7 Å². The first-order valence-electron chi connectivity index (χ1n) is 31.8. The molecule has 6 aromatic rings. The van der Waals surface area contributed by atoms with Gasteiger partial charge in [0.05, 0.1) is 73.8 Å². The quantitative estimate of drug-likeness (QED) is 0.0687. The summed E-state index contributed by atoms with van der Waals surface area (Å²) in [5.74, 6) is 5.98. The summed E-state index contributed by atoms with van der Waals surface area (Å²) < 4.78 is 85.7. The molecule has 15 rings (SSSR count). The zero-order chi connectivity index (χ0) is 61.4. The molecule has 0 spiro atoms. The van der Waals surface area contributed by atoms with Crippen molar-refractivity contribution in [3.63, 3.8) is 0 Å². The minimum absolute atomic E-state index is 0.0429. The number of aliphatic hydroxyl groups excluding tert-OH is 2. The maximum absolute atomic E-state index is 14.4. The second-order valence-electron chi connectivity index (χ2n) is 25.4. The highest BCUT2D eigenvalue weighted by atomic mass is 32.2. The number of nitrogens with zero attached hydrogens (tertiary/aromatic N) is 9. The van der Waals surface area contributed by atoms with Crippen LogP contribution in [0.15, 0.2) is 81.4 Å². The Morgan fingerprint density at radius 3 is 1.25 bits per heavy atom. The third-order valence-corrected chi connectivity index (χ3v) is 23.7. The van der Waals surface area contributed by atoms with Crippen molar-refractivity contribution in [1.29, 1.82) is 0 Å². The van der Waals surface area contributed by atoms with E-state index in [9.17, 15) is 36.0 Å². The number of aryl methyl sites for hydroxylation is 4. The Hall–Kier alpha value is -6.18. The number of hydrogen-bond donors (Lipinski definition) is 5. The van der Waals surface area contributed by atoms with Crippen LogP contribution >= 0.6 is 0 Å². The van der Waals surface area contributed by atoms with Crippen LogP contribution in [0.1, 0.15) is 134 Å². The van der Waals surface area contributed by atoms with Crippen molar-refractivity contribution >= 4 is 67.7 Å². The van der Waals surface area contributed by atoms with E-state index < -0.39 is 32.4 Å². The van der Waals surface area contributed by atoms with E-state index in [1.807, 2.05) is 43.3 Å². The molecule has 3 aromatic carbocycles. The molecule has 7 aliphatic heterocycles. The van der Waals surface area contributed by atoms with Gasteiger partial charge in [0.25, 0.3) is 0 Å². The van der Waals surface area contributed by atoms with Crippen LogP contribution in [-0.4, -0.2) is 153 Å². The number of piperidine rings is 3. The summed E-state index contributed by atoms with van der Waals surface area (Å²) in [5, 5.41) is 29.7. The van der Waals surface area contributed by atoms with E-state index in [0.29, 0.717) is 69.4 Å². The minimum Gasteiger partial charge on any atom is -0.394 e. The number of aliphatic hydroxyl groups is 2. The van der Waals surface area contributed by atoms with Gasteiger partial charge in [-0.3, -0.25) is 12.6 Å². The summed E-state index contributed by atoms with van der Waals surface area (Å²) >= 11 is 0. The van der Waals surface area contributed by atoms with Crippen LogP contribution in [0.5, 0.6) is 0 Å². The molecule has 3 aromatic heterocycles. The van der Waals surface area contributed by atoms with Gasteiger partial charge in [-0.2, -0.15) is 15.0 Å². The average Bonchev–Trinajstić information content (AvgIpc) is 2.41. The first-order chi connectivity index (χ1) is 43.2. The van der Waals surface area contributed by atoms with Crippen molar-refractivity contribution in [3.8, 4) is 0 Å². The topological polar surface area (TPSA) is 224 Å². The van der Waals surface area contributed by atoms with Crippen LogP contribution in [0, 0.1) is 24.4 Å². The Balaban J connectivity index is 0.000000123. The minimum atomic E-state index is -1.10. The number of halogens is 3. The molecular formula is C65H79F3N12O6S3. The largest absolute Gasteiger partial charge is 0.394 e. The summed E-state index contributed by atoms with van der Waals surface area (Å²) in [4.78, 5) is 37.2. The normalized spacial score (nSPS) is 22.9. The van der Waals surface area contributed by atoms with Crippen LogP contribution in [0.2, 0.25) is 0 Å². The zero-order valence-corrected chi connectivity index (χ0v) is 52.8. The molecule has 2 aliphatic carbocycles. The SMILES string of the molecule is Cc1ccc(C2CCN(c3nc4c(c(NC5(CO)CC5)n3)S(=O)CC4)CC2)c(F)c1.O=S1CCc2nc(N3CCC(c4ccccc4F)CC3)nc(NC3(CO)CC3)c21.O=S1CCc2nc(N3CCC(c4ccccc4F)CC3)nc(NC3CCOCC3)c21. The van der Waals surface area contributed by atoms with Gasteiger partial charge in [0, 0.05) is 95.0 Å². The number of benzene rings is 3. The molecule has 10 heterocycles. The standard InChI is InChI=1S/2C22H27FN4O2S.C21H25FN4O2S/c1-14-2-3-16(17(23)12-14)15-4-9-27(10-5-15)21-24-18-6-11-30(29)19(18)20(25-21)26-22(13-28)7-8-22;23-18-4-2-1-3-17(18)15-5-10-27(11-6-15)22-25-19-9-14-30(28)20(19)21(26-22)24-16-7-12-29-13-8-16;22-16-4-2-1-3-15(16)14-5-10-26(11-6-14)20-23-17-7-12-29(28)18(17)19(24-20)25-21(13-27)8-9-21/h2-3,12,15,28H,4-11,13H2,1H3,(H,24,25,26);1-4,15-16H,5-14H2,(H,24,25,26);1-4,14,27H,5-13H2,(H,23,24,25). The second-order valence-corrected chi connectivity index (χ2v) is 29.9. The van der Waals surface area contributed by atoms with Crippen molar-refractivity contribution in [2.24, 2.45) is 0 Å². The predicted molar refractivity (Wildman–Crippen MR) is 340 cm³/mol. The Morgan fingerprint density at radius 2 is 0.876 bits per heavy atom. The average molecular weight is 1280 g/mol. The predicted octanol–water partition coefficient (Wildman–Crippen LogP) is 8.76. The van der Waals surface area contributed by atoms with E-state index in [0.717, 1.165) is 186 Å². The van der Waals surface area contributed by atoms with E-state index in [2.05, 4.69) is 30.7 Å². The van der Waals surface area contributed by atoms with Crippen molar-refractivity contribution in [2.45, 2.75) is 153 Å². The highest BCUT2D eigenvalue weighted by molar-refractivity contribution is 7.86. The van der Waals surface area contributed by atoms with E-state index >= 15 is 0 Å². The van der Waals surface area contributed by atoms with Gasteiger partial charge in [-0.15, -0.1) is 0 Å². The molecule has 0 bridgehead atoms. The van der Waals surface area contributed by atoms with Gasteiger partial charge in [-0.25, -0.2) is 28.1 Å².